The number of benzene rings is 2. The SMILES string of the molecule is COCCNC(=O)c1ccc(NC(=O)Cc2ccc(-c3csc(C)n3)cc2)cc1Cl. The lowest BCUT2D eigenvalue weighted by molar-refractivity contribution is -0.115. The first kappa shape index (κ1) is 22.0. The first-order chi connectivity index (χ1) is 14.5. The van der Waals surface area contributed by atoms with Gasteiger partial charge in [-0.1, -0.05) is 35.9 Å². The standard InChI is InChI=1S/C22H22ClN3O3S/c1-14-25-20(13-30-14)16-5-3-15(4-6-16)11-21(27)26-17-7-8-18(19(23)12-17)22(28)24-9-10-29-2/h3-8,12-13H,9-11H2,1-2H3,(H,24,28)(H,26,27). The molecule has 0 radical (unpaired) electrons. The molecule has 0 aliphatic heterocycles. The quantitative estimate of drug-likeness (QED) is 0.508. The van der Waals surface area contributed by atoms with Crippen molar-refractivity contribution < 1.29 is 14.3 Å². The van der Waals surface area contributed by atoms with Crippen LogP contribution in [0.4, 0.5) is 5.69 Å². The van der Waals surface area contributed by atoms with Gasteiger partial charge in [-0.2, -0.15) is 0 Å². The Labute approximate surface area is 184 Å². The first-order valence-electron chi connectivity index (χ1n) is 9.34. The van der Waals surface area contributed by atoms with Crippen LogP contribution in [0.15, 0.2) is 47.8 Å². The Morgan fingerprint density at radius 1 is 1.17 bits per heavy atom. The van der Waals surface area contributed by atoms with Crippen LogP contribution in [-0.2, 0) is 16.0 Å². The third-order valence-corrected chi connectivity index (χ3v) is 5.41. The lowest BCUT2D eigenvalue weighted by Gasteiger charge is -2.10. The zero-order chi connectivity index (χ0) is 21.5. The van der Waals surface area contributed by atoms with Crippen molar-refractivity contribution in [1.82, 2.24) is 10.3 Å². The van der Waals surface area contributed by atoms with Crippen LogP contribution in [0, 0.1) is 6.92 Å². The smallest absolute Gasteiger partial charge is 0.252 e. The molecule has 0 saturated carbocycles. The number of amides is 2. The van der Waals surface area contributed by atoms with Crippen molar-refractivity contribution in [3.63, 3.8) is 0 Å². The highest BCUT2D eigenvalue weighted by atomic mass is 35.5. The number of nitrogens with one attached hydrogen (secondary N) is 2. The predicted octanol–water partition coefficient (Wildman–Crippen LogP) is 4.33. The van der Waals surface area contributed by atoms with Gasteiger partial charge in [-0.05, 0) is 30.7 Å². The molecule has 8 heteroatoms. The summed E-state index contributed by atoms with van der Waals surface area (Å²) >= 11 is 7.82. The number of thiazole rings is 1. The third-order valence-electron chi connectivity index (χ3n) is 4.32. The van der Waals surface area contributed by atoms with Gasteiger partial charge in [0.15, 0.2) is 0 Å². The van der Waals surface area contributed by atoms with Gasteiger partial charge in [0.2, 0.25) is 5.91 Å². The van der Waals surface area contributed by atoms with Crippen molar-refractivity contribution in [3.05, 3.63) is 69.0 Å². The maximum atomic E-state index is 12.4. The summed E-state index contributed by atoms with van der Waals surface area (Å²) in [6.45, 7) is 2.78. The van der Waals surface area contributed by atoms with Crippen LogP contribution in [0.5, 0.6) is 0 Å². The molecule has 1 heterocycles. The van der Waals surface area contributed by atoms with Crippen molar-refractivity contribution in [1.29, 1.82) is 0 Å². The van der Waals surface area contributed by atoms with Crippen molar-refractivity contribution in [2.45, 2.75) is 13.3 Å². The number of aromatic nitrogens is 1. The van der Waals surface area contributed by atoms with E-state index in [1.807, 2.05) is 36.6 Å². The van der Waals surface area contributed by atoms with Gasteiger partial charge in [-0.15, -0.1) is 11.3 Å². The van der Waals surface area contributed by atoms with Crippen LogP contribution in [0.25, 0.3) is 11.3 Å². The van der Waals surface area contributed by atoms with E-state index in [0.717, 1.165) is 21.8 Å². The average molecular weight is 444 g/mol. The van der Waals surface area contributed by atoms with Crippen LogP contribution in [-0.4, -0.2) is 37.1 Å². The molecule has 0 unspecified atom stereocenters. The highest BCUT2D eigenvalue weighted by Gasteiger charge is 2.12. The molecule has 3 aromatic rings. The molecule has 3 rings (SSSR count). The second-order valence-corrected chi connectivity index (χ2v) is 8.09. The maximum Gasteiger partial charge on any atom is 0.252 e. The Morgan fingerprint density at radius 2 is 1.93 bits per heavy atom. The molecule has 0 fully saturated rings. The lowest BCUT2D eigenvalue weighted by Crippen LogP contribution is -2.27. The predicted molar refractivity (Wildman–Crippen MR) is 120 cm³/mol. The molecular weight excluding hydrogens is 422 g/mol. The normalized spacial score (nSPS) is 10.6. The van der Waals surface area contributed by atoms with Gasteiger partial charge in [-0.25, -0.2) is 4.98 Å². The fraction of sp³-hybridized carbons (Fsp3) is 0.227. The monoisotopic (exact) mass is 443 g/mol. The fourth-order valence-electron chi connectivity index (χ4n) is 2.82. The highest BCUT2D eigenvalue weighted by Crippen LogP contribution is 2.23. The topological polar surface area (TPSA) is 80.3 Å². The molecule has 0 aliphatic rings. The average Bonchev–Trinajstić information content (AvgIpc) is 3.15. The second-order valence-electron chi connectivity index (χ2n) is 6.62. The molecule has 30 heavy (non-hydrogen) atoms. The molecule has 0 spiro atoms. The fourth-order valence-corrected chi connectivity index (χ4v) is 3.71. The number of nitrogens with zero attached hydrogens (tertiary/aromatic N) is 1. The van der Waals surface area contributed by atoms with E-state index in [0.29, 0.717) is 24.4 Å². The van der Waals surface area contributed by atoms with Crippen molar-refractivity contribution in [3.8, 4) is 11.3 Å². The van der Waals surface area contributed by atoms with E-state index >= 15 is 0 Å². The number of methoxy groups -OCH3 is 1. The molecular formula is C22H22ClN3O3S. The molecule has 0 atom stereocenters. The lowest BCUT2D eigenvalue weighted by atomic mass is 10.1. The zero-order valence-corrected chi connectivity index (χ0v) is 18.3. The molecule has 2 N–H and O–H groups in total. The number of halogens is 1. The molecule has 2 amide bonds. The van der Waals surface area contributed by atoms with Crippen molar-refractivity contribution in [2.24, 2.45) is 0 Å². The summed E-state index contributed by atoms with van der Waals surface area (Å²) in [6, 6.07) is 12.6. The van der Waals surface area contributed by atoms with Crippen LogP contribution >= 0.6 is 22.9 Å². The summed E-state index contributed by atoms with van der Waals surface area (Å²) in [5.74, 6) is -0.453. The van der Waals surface area contributed by atoms with Gasteiger partial charge in [0, 0.05) is 30.3 Å². The molecule has 156 valence electrons. The van der Waals surface area contributed by atoms with Gasteiger partial charge in [0.1, 0.15) is 0 Å². The Hall–Kier alpha value is -2.74. The van der Waals surface area contributed by atoms with Gasteiger partial charge >= 0.3 is 0 Å². The number of ether oxygens (including phenoxy) is 1. The zero-order valence-electron chi connectivity index (χ0n) is 16.7. The van der Waals surface area contributed by atoms with E-state index in [2.05, 4.69) is 15.6 Å². The Balaban J connectivity index is 1.58. The Kier molecular flexibility index (Phi) is 7.57. The number of carbonyl (C=O) groups is 2. The van der Waals surface area contributed by atoms with Gasteiger partial charge in [0.25, 0.3) is 5.91 Å². The molecule has 6 nitrogen and oxygen atoms in total. The maximum absolute atomic E-state index is 12.4. The second kappa shape index (κ2) is 10.3. The molecule has 1 aromatic heterocycles. The van der Waals surface area contributed by atoms with Gasteiger partial charge in [0.05, 0.1) is 34.3 Å². The Morgan fingerprint density at radius 3 is 2.57 bits per heavy atom. The Bertz CT molecular complexity index is 1030. The molecule has 0 aliphatic carbocycles. The van der Waals surface area contributed by atoms with Crippen LogP contribution < -0.4 is 10.6 Å². The molecule has 0 saturated heterocycles. The van der Waals surface area contributed by atoms with E-state index < -0.39 is 0 Å². The van der Waals surface area contributed by atoms with E-state index in [4.69, 9.17) is 16.3 Å². The number of anilines is 1. The summed E-state index contributed by atoms with van der Waals surface area (Å²) in [7, 11) is 1.56. The van der Waals surface area contributed by atoms with Gasteiger partial charge in [-0.3, -0.25) is 9.59 Å². The minimum atomic E-state index is -0.287. The minimum absolute atomic E-state index is 0.166. The van der Waals surface area contributed by atoms with Crippen molar-refractivity contribution in [2.75, 3.05) is 25.6 Å². The van der Waals surface area contributed by atoms with E-state index in [9.17, 15) is 9.59 Å². The highest BCUT2D eigenvalue weighted by molar-refractivity contribution is 7.09. The number of hydrogen-bond donors (Lipinski definition) is 2. The summed E-state index contributed by atoms with van der Waals surface area (Å²) in [5.41, 5.74) is 3.74. The largest absolute Gasteiger partial charge is 0.383 e. The van der Waals surface area contributed by atoms with E-state index in [1.165, 1.54) is 0 Å². The summed E-state index contributed by atoms with van der Waals surface area (Å²) in [5, 5.41) is 8.83. The van der Waals surface area contributed by atoms with E-state index in [-0.39, 0.29) is 23.3 Å². The van der Waals surface area contributed by atoms with Crippen molar-refractivity contribution >= 4 is 40.4 Å². The minimum Gasteiger partial charge on any atom is -0.383 e. The summed E-state index contributed by atoms with van der Waals surface area (Å²) in [6.07, 6.45) is 0.229. The number of carbonyl (C=O) groups excluding carboxylic acids is 2. The van der Waals surface area contributed by atoms with Crippen LogP contribution in [0.1, 0.15) is 20.9 Å². The summed E-state index contributed by atoms with van der Waals surface area (Å²) in [4.78, 5) is 29.0. The summed E-state index contributed by atoms with van der Waals surface area (Å²) < 4.78 is 4.90. The third kappa shape index (κ3) is 5.89. The van der Waals surface area contributed by atoms with Gasteiger partial charge < -0.3 is 15.4 Å². The first-order valence-corrected chi connectivity index (χ1v) is 10.6. The van der Waals surface area contributed by atoms with E-state index in [1.54, 1.807) is 36.6 Å². The number of hydrogen-bond acceptors (Lipinski definition) is 5. The molecule has 0 bridgehead atoms. The van der Waals surface area contributed by atoms with Crippen LogP contribution in [0.3, 0.4) is 0 Å². The van der Waals surface area contributed by atoms with Crippen LogP contribution in [0.2, 0.25) is 5.02 Å². The number of rotatable bonds is 8. The molecule has 2 aromatic carbocycles. The number of aryl methyl sites for hydroxylation is 1.